The van der Waals surface area contributed by atoms with E-state index in [9.17, 15) is 9.59 Å². The number of thioether (sulfide) groups is 1. The summed E-state index contributed by atoms with van der Waals surface area (Å²) in [5.74, 6) is -0.0594. The van der Waals surface area contributed by atoms with Gasteiger partial charge in [-0.2, -0.15) is 0 Å². The first kappa shape index (κ1) is 23.4. The first-order valence-electron chi connectivity index (χ1n) is 11.9. The Kier molecular flexibility index (Phi) is 6.95. The van der Waals surface area contributed by atoms with Gasteiger partial charge < -0.3 is 10.1 Å². The summed E-state index contributed by atoms with van der Waals surface area (Å²) >= 11 is 7.47. The van der Waals surface area contributed by atoms with Crippen molar-refractivity contribution in [2.45, 2.75) is 68.1 Å². The van der Waals surface area contributed by atoms with Crippen LogP contribution in [0.15, 0.2) is 52.4 Å². The molecule has 2 aromatic carbocycles. The summed E-state index contributed by atoms with van der Waals surface area (Å²) in [5, 5.41) is 4.36. The molecule has 34 heavy (non-hydrogen) atoms. The van der Waals surface area contributed by atoms with Crippen LogP contribution in [0.3, 0.4) is 0 Å². The number of aromatic nitrogens is 2. The van der Waals surface area contributed by atoms with Crippen LogP contribution in [0.5, 0.6) is 0 Å². The van der Waals surface area contributed by atoms with E-state index in [1.54, 1.807) is 22.8 Å². The third kappa shape index (κ3) is 4.88. The van der Waals surface area contributed by atoms with Crippen molar-refractivity contribution >= 4 is 40.2 Å². The van der Waals surface area contributed by atoms with Crippen LogP contribution in [-0.2, 0) is 22.5 Å². The van der Waals surface area contributed by atoms with Crippen molar-refractivity contribution in [3.8, 4) is 0 Å². The van der Waals surface area contributed by atoms with Crippen molar-refractivity contribution in [3.63, 3.8) is 0 Å². The number of amides is 1. The zero-order valence-electron chi connectivity index (χ0n) is 19.1. The van der Waals surface area contributed by atoms with Crippen molar-refractivity contribution in [2.24, 2.45) is 0 Å². The molecule has 8 heteroatoms. The lowest BCUT2D eigenvalue weighted by atomic mass is 9.88. The SMILES string of the molecule is CC(Sc1nc2cc(Cl)ccc2c(=O)n1CC1CCCO1)C(=O)NC1CCCc2ccccc21. The third-order valence-corrected chi connectivity index (χ3v) is 7.96. The minimum absolute atomic E-state index is 0.0120. The number of benzene rings is 2. The molecule has 0 saturated carbocycles. The second-order valence-electron chi connectivity index (χ2n) is 9.02. The van der Waals surface area contributed by atoms with Gasteiger partial charge in [-0.1, -0.05) is 47.6 Å². The Morgan fingerprint density at radius 3 is 2.94 bits per heavy atom. The number of carbonyl (C=O) groups excluding carboxylic acids is 1. The fourth-order valence-electron chi connectivity index (χ4n) is 4.82. The van der Waals surface area contributed by atoms with Crippen LogP contribution in [-0.4, -0.2) is 33.4 Å². The molecule has 0 spiro atoms. The number of nitrogens with zero attached hydrogens (tertiary/aromatic N) is 2. The Morgan fingerprint density at radius 1 is 1.26 bits per heavy atom. The molecule has 6 nitrogen and oxygen atoms in total. The molecular weight excluding hydrogens is 470 g/mol. The molecule has 2 aliphatic rings. The Bertz CT molecular complexity index is 1270. The summed E-state index contributed by atoms with van der Waals surface area (Å²) in [6, 6.07) is 13.4. The maximum absolute atomic E-state index is 13.4. The number of ether oxygens (including phenoxy) is 1. The lowest BCUT2D eigenvalue weighted by Crippen LogP contribution is -2.36. The molecule has 178 valence electrons. The van der Waals surface area contributed by atoms with Crippen molar-refractivity contribution in [1.82, 2.24) is 14.9 Å². The lowest BCUT2D eigenvalue weighted by Gasteiger charge is -2.27. The lowest BCUT2D eigenvalue weighted by molar-refractivity contribution is -0.121. The average Bonchev–Trinajstić information content (AvgIpc) is 3.35. The molecule has 0 bridgehead atoms. The van der Waals surface area contributed by atoms with Crippen LogP contribution < -0.4 is 10.9 Å². The Morgan fingerprint density at radius 2 is 2.12 bits per heavy atom. The average molecular weight is 498 g/mol. The van der Waals surface area contributed by atoms with Gasteiger partial charge in [0.15, 0.2) is 5.16 Å². The molecule has 1 N–H and O–H groups in total. The molecule has 1 aromatic heterocycles. The molecular formula is C26H28ClN3O3S. The van der Waals surface area contributed by atoms with Gasteiger partial charge in [-0.3, -0.25) is 14.2 Å². The van der Waals surface area contributed by atoms with Gasteiger partial charge in [0.1, 0.15) is 0 Å². The molecule has 3 aromatic rings. The summed E-state index contributed by atoms with van der Waals surface area (Å²) in [6.07, 6.45) is 4.90. The number of aryl methyl sites for hydroxylation is 1. The van der Waals surface area contributed by atoms with Crippen molar-refractivity contribution in [1.29, 1.82) is 0 Å². The quantitative estimate of drug-likeness (QED) is 0.387. The summed E-state index contributed by atoms with van der Waals surface area (Å²) in [7, 11) is 0. The highest BCUT2D eigenvalue weighted by molar-refractivity contribution is 8.00. The standard InChI is InChI=1S/C26H28ClN3O3S/c1-16(24(31)28-22-10-4-7-17-6-2-3-9-20(17)22)34-26-29-23-14-18(27)11-12-21(23)25(32)30(26)15-19-8-5-13-33-19/h2-3,6,9,11-12,14,16,19,22H,4-5,7-8,10,13,15H2,1H3,(H,28,31). The molecule has 1 aliphatic heterocycles. The molecule has 1 saturated heterocycles. The van der Waals surface area contributed by atoms with Crippen LogP contribution in [0.4, 0.5) is 0 Å². The Labute approximate surface area is 208 Å². The van der Waals surface area contributed by atoms with E-state index < -0.39 is 5.25 Å². The third-order valence-electron chi connectivity index (χ3n) is 6.63. The highest BCUT2D eigenvalue weighted by Crippen LogP contribution is 2.31. The van der Waals surface area contributed by atoms with E-state index in [0.29, 0.717) is 34.2 Å². The first-order chi connectivity index (χ1) is 16.5. The first-order valence-corrected chi connectivity index (χ1v) is 13.1. The van der Waals surface area contributed by atoms with E-state index in [0.717, 1.165) is 32.1 Å². The minimum atomic E-state index is -0.423. The summed E-state index contributed by atoms with van der Waals surface area (Å²) in [5.41, 5.74) is 2.91. The fourth-order valence-corrected chi connectivity index (χ4v) is 5.91. The smallest absolute Gasteiger partial charge is 0.262 e. The predicted molar refractivity (Wildman–Crippen MR) is 136 cm³/mol. The Balaban J connectivity index is 1.40. The molecule has 1 fully saturated rings. The fraction of sp³-hybridized carbons (Fsp3) is 0.423. The van der Waals surface area contributed by atoms with Crippen LogP contribution in [0.2, 0.25) is 5.02 Å². The maximum Gasteiger partial charge on any atom is 0.262 e. The highest BCUT2D eigenvalue weighted by atomic mass is 35.5. The van der Waals surface area contributed by atoms with Gasteiger partial charge in [-0.15, -0.1) is 0 Å². The van der Waals surface area contributed by atoms with E-state index in [-0.39, 0.29) is 23.6 Å². The van der Waals surface area contributed by atoms with Gasteiger partial charge in [0, 0.05) is 11.6 Å². The second kappa shape index (κ2) is 10.1. The van der Waals surface area contributed by atoms with Gasteiger partial charge >= 0.3 is 0 Å². The topological polar surface area (TPSA) is 73.2 Å². The van der Waals surface area contributed by atoms with E-state index in [4.69, 9.17) is 21.3 Å². The van der Waals surface area contributed by atoms with Gasteiger partial charge in [-0.05, 0) is 68.4 Å². The van der Waals surface area contributed by atoms with Gasteiger partial charge in [0.25, 0.3) is 5.56 Å². The molecule has 3 atom stereocenters. The van der Waals surface area contributed by atoms with Gasteiger partial charge in [0.2, 0.25) is 5.91 Å². The van der Waals surface area contributed by atoms with Crippen LogP contribution >= 0.6 is 23.4 Å². The second-order valence-corrected chi connectivity index (χ2v) is 10.8. The van der Waals surface area contributed by atoms with Gasteiger partial charge in [0.05, 0.1) is 34.8 Å². The van der Waals surface area contributed by atoms with Crippen LogP contribution in [0.1, 0.15) is 49.8 Å². The number of rotatable bonds is 6. The number of nitrogens with one attached hydrogen (secondary N) is 1. The molecule has 5 rings (SSSR count). The normalized spacial score (nSPS) is 20.8. The predicted octanol–water partition coefficient (Wildman–Crippen LogP) is 4.90. The van der Waals surface area contributed by atoms with Crippen molar-refractivity contribution in [2.75, 3.05) is 6.61 Å². The van der Waals surface area contributed by atoms with Crippen molar-refractivity contribution < 1.29 is 9.53 Å². The number of fused-ring (bicyclic) bond motifs is 2. The molecule has 2 heterocycles. The van der Waals surface area contributed by atoms with Crippen LogP contribution in [0.25, 0.3) is 10.9 Å². The number of hydrogen-bond acceptors (Lipinski definition) is 5. The molecule has 1 aliphatic carbocycles. The minimum Gasteiger partial charge on any atom is -0.376 e. The molecule has 0 radical (unpaired) electrons. The Hall–Kier alpha value is -2.35. The molecule has 3 unspecified atom stereocenters. The summed E-state index contributed by atoms with van der Waals surface area (Å²) in [4.78, 5) is 31.3. The maximum atomic E-state index is 13.4. The largest absolute Gasteiger partial charge is 0.376 e. The van der Waals surface area contributed by atoms with E-state index in [1.807, 2.05) is 19.1 Å². The monoisotopic (exact) mass is 497 g/mol. The van der Waals surface area contributed by atoms with Crippen LogP contribution in [0, 0.1) is 0 Å². The summed E-state index contributed by atoms with van der Waals surface area (Å²) in [6.45, 7) is 3.00. The number of hydrogen-bond donors (Lipinski definition) is 1. The number of halogens is 1. The highest BCUT2D eigenvalue weighted by Gasteiger charge is 2.26. The number of carbonyl (C=O) groups is 1. The van der Waals surface area contributed by atoms with E-state index >= 15 is 0 Å². The van der Waals surface area contributed by atoms with Crippen molar-refractivity contribution in [3.05, 3.63) is 69.0 Å². The zero-order chi connectivity index (χ0) is 23.7. The molecule has 1 amide bonds. The zero-order valence-corrected chi connectivity index (χ0v) is 20.7. The summed E-state index contributed by atoms with van der Waals surface area (Å²) < 4.78 is 7.45. The van der Waals surface area contributed by atoms with Gasteiger partial charge in [-0.25, -0.2) is 4.98 Å². The van der Waals surface area contributed by atoms with E-state index in [1.165, 1.54) is 22.9 Å². The van der Waals surface area contributed by atoms with E-state index in [2.05, 4.69) is 17.4 Å².